The zero-order chi connectivity index (χ0) is 12.5. The van der Waals surface area contributed by atoms with E-state index in [0.717, 1.165) is 6.07 Å². The monoisotopic (exact) mass is 253 g/mol. The van der Waals surface area contributed by atoms with E-state index in [0.29, 0.717) is 0 Å². The van der Waals surface area contributed by atoms with Crippen LogP contribution in [-0.2, 0) is 6.18 Å². The van der Waals surface area contributed by atoms with Crippen LogP contribution in [0.3, 0.4) is 0 Å². The minimum Gasteiger partial charge on any atom is -0.387 e. The summed E-state index contributed by atoms with van der Waals surface area (Å²) < 4.78 is 37.5. The molecule has 0 heterocycles. The summed E-state index contributed by atoms with van der Waals surface area (Å²) in [7, 11) is 0. The van der Waals surface area contributed by atoms with Crippen LogP contribution in [0.2, 0.25) is 5.02 Å². The molecule has 6 heteroatoms. The van der Waals surface area contributed by atoms with Crippen LogP contribution < -0.4 is 5.73 Å². The summed E-state index contributed by atoms with van der Waals surface area (Å²) in [5, 5.41) is 9.09. The molecule has 0 radical (unpaired) electrons. The number of aliphatic hydroxyl groups is 1. The molecule has 1 aromatic carbocycles. The average molecular weight is 254 g/mol. The molecular weight excluding hydrogens is 243 g/mol. The van der Waals surface area contributed by atoms with Crippen LogP contribution >= 0.6 is 11.6 Å². The normalized spacial score (nSPS) is 15.9. The Morgan fingerprint density at radius 3 is 2.38 bits per heavy atom. The fraction of sp³-hybridized carbons (Fsp3) is 0.400. The van der Waals surface area contributed by atoms with E-state index in [1.165, 1.54) is 19.1 Å². The molecule has 0 spiro atoms. The fourth-order valence-corrected chi connectivity index (χ4v) is 1.63. The molecule has 0 aliphatic carbocycles. The van der Waals surface area contributed by atoms with Crippen molar-refractivity contribution < 1.29 is 18.3 Å². The molecule has 0 aliphatic heterocycles. The minimum atomic E-state index is -4.54. The van der Waals surface area contributed by atoms with Crippen molar-refractivity contribution in [3.8, 4) is 0 Å². The smallest absolute Gasteiger partial charge is 0.387 e. The zero-order valence-electron chi connectivity index (χ0n) is 8.42. The third-order valence-corrected chi connectivity index (χ3v) is 2.57. The standard InChI is InChI=1S/C10H11ClF3NO/c1-5(15)9(16)6-3-2-4-7(8(6)11)10(12,13)14/h2-5,9,16H,15H2,1H3/t5-,9-/m1/s1. The lowest BCUT2D eigenvalue weighted by atomic mass is 10.0. The summed E-state index contributed by atoms with van der Waals surface area (Å²) in [4.78, 5) is 0. The molecular formula is C10H11ClF3NO. The van der Waals surface area contributed by atoms with E-state index in [-0.39, 0.29) is 5.56 Å². The molecule has 0 amide bonds. The molecule has 0 aliphatic rings. The van der Waals surface area contributed by atoms with Gasteiger partial charge in [0.1, 0.15) is 0 Å². The van der Waals surface area contributed by atoms with Crippen LogP contribution in [-0.4, -0.2) is 11.1 Å². The Hall–Kier alpha value is -0.780. The molecule has 0 saturated heterocycles. The van der Waals surface area contributed by atoms with Gasteiger partial charge in [0.25, 0.3) is 0 Å². The Kier molecular flexibility index (Phi) is 3.83. The summed E-state index contributed by atoms with van der Waals surface area (Å²) in [5.74, 6) is 0. The first-order valence-electron chi connectivity index (χ1n) is 4.54. The highest BCUT2D eigenvalue weighted by atomic mass is 35.5. The molecule has 0 bridgehead atoms. The molecule has 0 unspecified atom stereocenters. The predicted octanol–water partition coefficient (Wildman–Crippen LogP) is 2.74. The molecule has 16 heavy (non-hydrogen) atoms. The zero-order valence-corrected chi connectivity index (χ0v) is 9.18. The summed E-state index contributed by atoms with van der Waals surface area (Å²) in [5.41, 5.74) is 4.43. The van der Waals surface area contributed by atoms with Crippen molar-refractivity contribution in [1.82, 2.24) is 0 Å². The molecule has 0 saturated carbocycles. The van der Waals surface area contributed by atoms with Gasteiger partial charge in [-0.1, -0.05) is 23.7 Å². The first kappa shape index (κ1) is 13.3. The van der Waals surface area contributed by atoms with Crippen LogP contribution in [0.1, 0.15) is 24.2 Å². The van der Waals surface area contributed by atoms with Gasteiger partial charge in [-0.05, 0) is 13.0 Å². The van der Waals surface area contributed by atoms with Gasteiger partial charge in [-0.2, -0.15) is 13.2 Å². The second-order valence-corrected chi connectivity index (χ2v) is 3.89. The number of aliphatic hydroxyl groups excluding tert-OH is 1. The van der Waals surface area contributed by atoms with Gasteiger partial charge in [-0.3, -0.25) is 0 Å². The molecule has 1 aromatic rings. The van der Waals surface area contributed by atoms with Crippen LogP contribution in [0.15, 0.2) is 18.2 Å². The van der Waals surface area contributed by atoms with Crippen LogP contribution in [0.5, 0.6) is 0 Å². The lowest BCUT2D eigenvalue weighted by Gasteiger charge is -2.18. The summed E-state index contributed by atoms with van der Waals surface area (Å²) in [6.07, 6.45) is -5.75. The minimum absolute atomic E-state index is 0.00788. The number of nitrogens with two attached hydrogens (primary N) is 1. The van der Waals surface area contributed by atoms with Crippen molar-refractivity contribution >= 4 is 11.6 Å². The Morgan fingerprint density at radius 2 is 1.94 bits per heavy atom. The number of benzene rings is 1. The summed E-state index contributed by atoms with van der Waals surface area (Å²) in [6.45, 7) is 1.49. The number of alkyl halides is 3. The number of halogens is 4. The van der Waals surface area contributed by atoms with Gasteiger partial charge >= 0.3 is 6.18 Å². The molecule has 3 N–H and O–H groups in total. The topological polar surface area (TPSA) is 46.2 Å². The highest BCUT2D eigenvalue weighted by molar-refractivity contribution is 6.32. The van der Waals surface area contributed by atoms with Gasteiger partial charge in [0.05, 0.1) is 16.7 Å². The van der Waals surface area contributed by atoms with Crippen LogP contribution in [0, 0.1) is 0 Å². The maximum Gasteiger partial charge on any atom is 0.417 e. The molecule has 90 valence electrons. The fourth-order valence-electron chi connectivity index (χ4n) is 1.28. The van der Waals surface area contributed by atoms with E-state index in [9.17, 15) is 18.3 Å². The van der Waals surface area contributed by atoms with Crippen molar-refractivity contribution in [3.63, 3.8) is 0 Å². The Bertz CT molecular complexity index is 379. The van der Waals surface area contributed by atoms with E-state index in [1.54, 1.807) is 0 Å². The lowest BCUT2D eigenvalue weighted by Crippen LogP contribution is -2.25. The van der Waals surface area contributed by atoms with E-state index in [2.05, 4.69) is 0 Å². The van der Waals surface area contributed by atoms with Gasteiger partial charge in [0.15, 0.2) is 0 Å². The highest BCUT2D eigenvalue weighted by Crippen LogP contribution is 2.38. The predicted molar refractivity (Wildman–Crippen MR) is 55.1 cm³/mol. The van der Waals surface area contributed by atoms with E-state index >= 15 is 0 Å². The van der Waals surface area contributed by atoms with E-state index in [1.807, 2.05) is 0 Å². The van der Waals surface area contributed by atoms with E-state index in [4.69, 9.17) is 17.3 Å². The van der Waals surface area contributed by atoms with Crippen LogP contribution in [0.4, 0.5) is 13.2 Å². The lowest BCUT2D eigenvalue weighted by molar-refractivity contribution is -0.137. The van der Waals surface area contributed by atoms with E-state index < -0.39 is 28.9 Å². The maximum absolute atomic E-state index is 12.5. The van der Waals surface area contributed by atoms with Gasteiger partial charge in [-0.25, -0.2) is 0 Å². The third kappa shape index (κ3) is 2.66. The number of rotatable bonds is 2. The Morgan fingerprint density at radius 1 is 1.38 bits per heavy atom. The number of hydrogen-bond acceptors (Lipinski definition) is 2. The van der Waals surface area contributed by atoms with Crippen molar-refractivity contribution in [2.45, 2.75) is 25.2 Å². The molecule has 2 nitrogen and oxygen atoms in total. The Balaban J connectivity index is 3.24. The largest absolute Gasteiger partial charge is 0.417 e. The van der Waals surface area contributed by atoms with Crippen LogP contribution in [0.25, 0.3) is 0 Å². The second-order valence-electron chi connectivity index (χ2n) is 3.51. The van der Waals surface area contributed by atoms with Gasteiger partial charge < -0.3 is 10.8 Å². The van der Waals surface area contributed by atoms with Gasteiger partial charge in [-0.15, -0.1) is 0 Å². The van der Waals surface area contributed by atoms with Gasteiger partial charge in [0, 0.05) is 11.6 Å². The van der Waals surface area contributed by atoms with Crippen molar-refractivity contribution in [3.05, 3.63) is 34.3 Å². The van der Waals surface area contributed by atoms with Gasteiger partial charge in [0.2, 0.25) is 0 Å². The van der Waals surface area contributed by atoms with Crippen molar-refractivity contribution in [2.24, 2.45) is 5.73 Å². The molecule has 1 rings (SSSR count). The Labute approximate surface area is 95.8 Å². The third-order valence-electron chi connectivity index (χ3n) is 2.15. The SMILES string of the molecule is C[C@@H](N)[C@@H](O)c1cccc(C(F)(F)F)c1Cl. The summed E-state index contributed by atoms with van der Waals surface area (Å²) >= 11 is 5.60. The molecule has 2 atom stereocenters. The summed E-state index contributed by atoms with van der Waals surface area (Å²) in [6, 6.07) is 2.68. The highest BCUT2D eigenvalue weighted by Gasteiger charge is 2.34. The molecule has 0 fully saturated rings. The van der Waals surface area contributed by atoms with Crippen molar-refractivity contribution in [1.29, 1.82) is 0 Å². The quantitative estimate of drug-likeness (QED) is 0.851. The average Bonchev–Trinajstić information content (AvgIpc) is 2.15. The first-order valence-corrected chi connectivity index (χ1v) is 4.92. The second kappa shape index (κ2) is 4.61. The van der Waals surface area contributed by atoms with Crippen molar-refractivity contribution in [2.75, 3.05) is 0 Å². The maximum atomic E-state index is 12.5. The first-order chi connectivity index (χ1) is 7.25. The molecule has 0 aromatic heterocycles. The number of hydrogen-bond donors (Lipinski definition) is 2.